The van der Waals surface area contributed by atoms with E-state index in [1.54, 1.807) is 0 Å². The molecule has 0 aliphatic carbocycles. The number of carbonyl (C=O) groups excluding carboxylic acids is 1. The zero-order valence-corrected chi connectivity index (χ0v) is 10.4. The van der Waals surface area contributed by atoms with Crippen molar-refractivity contribution in [2.45, 2.75) is 50.4 Å². The van der Waals surface area contributed by atoms with Crippen LogP contribution in [-0.4, -0.2) is 48.3 Å². The maximum Gasteiger partial charge on any atom is 0.332 e. The largest absolute Gasteiger partial charge is 0.479 e. The van der Waals surface area contributed by atoms with E-state index in [4.69, 9.17) is 9.84 Å². The molecule has 0 saturated carbocycles. The van der Waals surface area contributed by atoms with Crippen LogP contribution in [0.2, 0.25) is 0 Å². The van der Waals surface area contributed by atoms with E-state index >= 15 is 0 Å². The van der Waals surface area contributed by atoms with E-state index in [2.05, 4.69) is 10.6 Å². The quantitative estimate of drug-likeness (QED) is 0.652. The van der Waals surface area contributed by atoms with Crippen LogP contribution in [0.5, 0.6) is 0 Å². The average molecular weight is 256 g/mol. The highest BCUT2D eigenvalue weighted by Crippen LogP contribution is 2.19. The molecule has 2 aliphatic heterocycles. The molecule has 0 bridgehead atoms. The molecule has 2 saturated heterocycles. The van der Waals surface area contributed by atoms with Crippen molar-refractivity contribution in [2.24, 2.45) is 0 Å². The second-order valence-corrected chi connectivity index (χ2v) is 4.91. The van der Waals surface area contributed by atoms with Crippen LogP contribution in [0.1, 0.15) is 32.1 Å². The first-order valence-electron chi connectivity index (χ1n) is 6.56. The second-order valence-electron chi connectivity index (χ2n) is 4.91. The lowest BCUT2D eigenvalue weighted by Gasteiger charge is -2.23. The average Bonchev–Trinajstić information content (AvgIpc) is 2.86. The molecule has 2 fully saturated rings. The summed E-state index contributed by atoms with van der Waals surface area (Å²) in [6.45, 7) is 1.29. The Morgan fingerprint density at radius 3 is 2.72 bits per heavy atom. The smallest absolute Gasteiger partial charge is 0.332 e. The molecule has 2 aliphatic rings. The third kappa shape index (κ3) is 3.43. The number of carboxylic acid groups (broad SMARTS) is 1. The summed E-state index contributed by atoms with van der Waals surface area (Å²) in [6, 6.07) is -0.101. The molecule has 6 nitrogen and oxygen atoms in total. The molecule has 0 aromatic carbocycles. The van der Waals surface area contributed by atoms with Crippen molar-refractivity contribution in [1.82, 2.24) is 10.6 Å². The lowest BCUT2D eigenvalue weighted by Crippen LogP contribution is -2.48. The lowest BCUT2D eigenvalue weighted by atomic mass is 10.0. The van der Waals surface area contributed by atoms with Gasteiger partial charge < -0.3 is 20.5 Å². The Balaban J connectivity index is 1.68. The maximum atomic E-state index is 11.8. The first kappa shape index (κ1) is 13.3. The van der Waals surface area contributed by atoms with Gasteiger partial charge in [-0.25, -0.2) is 4.79 Å². The van der Waals surface area contributed by atoms with Crippen molar-refractivity contribution in [1.29, 1.82) is 0 Å². The van der Waals surface area contributed by atoms with E-state index in [9.17, 15) is 9.59 Å². The van der Waals surface area contributed by atoms with Gasteiger partial charge in [0.05, 0.1) is 12.1 Å². The highest BCUT2D eigenvalue weighted by Gasteiger charge is 2.31. The van der Waals surface area contributed by atoms with Crippen molar-refractivity contribution in [2.75, 3.05) is 13.1 Å². The third-order valence-electron chi connectivity index (χ3n) is 3.51. The van der Waals surface area contributed by atoms with Gasteiger partial charge in [-0.2, -0.15) is 0 Å². The molecule has 0 radical (unpaired) electrons. The number of rotatable bonds is 4. The molecule has 3 N–H and O–H groups in total. The number of amides is 1. The van der Waals surface area contributed by atoms with E-state index in [1.165, 1.54) is 0 Å². The summed E-state index contributed by atoms with van der Waals surface area (Å²) in [5.41, 5.74) is 0. The van der Waals surface area contributed by atoms with Crippen LogP contribution in [0.4, 0.5) is 0 Å². The van der Waals surface area contributed by atoms with Gasteiger partial charge in [-0.05, 0) is 32.2 Å². The molecule has 2 rings (SSSR count). The van der Waals surface area contributed by atoms with Gasteiger partial charge in [-0.15, -0.1) is 0 Å². The Kier molecular flexibility index (Phi) is 4.54. The molecule has 2 heterocycles. The van der Waals surface area contributed by atoms with E-state index in [1.807, 2.05) is 0 Å². The fourth-order valence-corrected chi connectivity index (χ4v) is 2.45. The van der Waals surface area contributed by atoms with E-state index < -0.39 is 12.1 Å². The molecule has 3 atom stereocenters. The Hall–Kier alpha value is -1.14. The van der Waals surface area contributed by atoms with Crippen LogP contribution in [0.25, 0.3) is 0 Å². The summed E-state index contributed by atoms with van der Waals surface area (Å²) in [6.07, 6.45) is 3.41. The van der Waals surface area contributed by atoms with Gasteiger partial charge in [0.2, 0.25) is 5.91 Å². The first-order valence-corrected chi connectivity index (χ1v) is 6.56. The molecule has 6 heteroatoms. The van der Waals surface area contributed by atoms with Crippen LogP contribution < -0.4 is 10.6 Å². The number of hydrogen-bond acceptors (Lipinski definition) is 4. The minimum Gasteiger partial charge on any atom is -0.479 e. The van der Waals surface area contributed by atoms with Crippen molar-refractivity contribution in [3.8, 4) is 0 Å². The summed E-state index contributed by atoms with van der Waals surface area (Å²) >= 11 is 0. The van der Waals surface area contributed by atoms with E-state index in [-0.39, 0.29) is 18.1 Å². The highest BCUT2D eigenvalue weighted by molar-refractivity contribution is 5.81. The molecule has 3 unspecified atom stereocenters. The topological polar surface area (TPSA) is 87.7 Å². The Morgan fingerprint density at radius 2 is 2.11 bits per heavy atom. The molecule has 1 amide bonds. The van der Waals surface area contributed by atoms with Gasteiger partial charge >= 0.3 is 5.97 Å². The number of carboxylic acids is 1. The predicted molar refractivity (Wildman–Crippen MR) is 64.2 cm³/mol. The number of piperidine rings is 1. The second kappa shape index (κ2) is 6.15. The summed E-state index contributed by atoms with van der Waals surface area (Å²) in [7, 11) is 0. The summed E-state index contributed by atoms with van der Waals surface area (Å²) in [5, 5.41) is 14.8. The van der Waals surface area contributed by atoms with Crippen molar-refractivity contribution >= 4 is 11.9 Å². The predicted octanol–water partition coefficient (Wildman–Crippen LogP) is -0.123. The minimum absolute atomic E-state index is 0.00271. The molecule has 102 valence electrons. The first-order chi connectivity index (χ1) is 8.66. The monoisotopic (exact) mass is 256 g/mol. The van der Waals surface area contributed by atoms with E-state index in [0.717, 1.165) is 25.8 Å². The fraction of sp³-hybridized carbons (Fsp3) is 0.833. The van der Waals surface area contributed by atoms with Crippen molar-refractivity contribution in [3.05, 3.63) is 0 Å². The Labute approximate surface area is 106 Å². The van der Waals surface area contributed by atoms with E-state index in [0.29, 0.717) is 19.4 Å². The van der Waals surface area contributed by atoms with Gasteiger partial charge in [0.15, 0.2) is 6.10 Å². The van der Waals surface area contributed by atoms with Crippen LogP contribution in [0, 0.1) is 0 Å². The summed E-state index contributed by atoms with van der Waals surface area (Å²) in [5.74, 6) is -0.921. The Morgan fingerprint density at radius 1 is 1.28 bits per heavy atom. The summed E-state index contributed by atoms with van der Waals surface area (Å²) in [4.78, 5) is 22.5. The normalized spacial score (nSPS) is 32.1. The number of nitrogens with one attached hydrogen (secondary N) is 2. The molecular weight excluding hydrogens is 236 g/mol. The standard InChI is InChI=1S/C12H20N2O4/c15-11(9-3-1-2-6-13-9)14-7-8-4-5-10(18-8)12(16)17/h8-10,13H,1-7H2,(H,14,15)(H,16,17). The van der Waals surface area contributed by atoms with Gasteiger partial charge in [-0.3, -0.25) is 4.79 Å². The third-order valence-corrected chi connectivity index (χ3v) is 3.51. The lowest BCUT2D eigenvalue weighted by molar-refractivity contribution is -0.149. The van der Waals surface area contributed by atoms with Gasteiger partial charge in [-0.1, -0.05) is 6.42 Å². The zero-order chi connectivity index (χ0) is 13.0. The zero-order valence-electron chi connectivity index (χ0n) is 10.4. The number of aliphatic carboxylic acids is 1. The number of hydrogen-bond donors (Lipinski definition) is 3. The maximum absolute atomic E-state index is 11.8. The van der Waals surface area contributed by atoms with Gasteiger partial charge in [0, 0.05) is 6.54 Å². The van der Waals surface area contributed by atoms with Gasteiger partial charge in [0.1, 0.15) is 0 Å². The highest BCUT2D eigenvalue weighted by atomic mass is 16.5. The van der Waals surface area contributed by atoms with Crippen LogP contribution in [-0.2, 0) is 14.3 Å². The minimum atomic E-state index is -0.919. The Bertz CT molecular complexity index is 315. The summed E-state index contributed by atoms with van der Waals surface area (Å²) < 4.78 is 5.33. The van der Waals surface area contributed by atoms with Gasteiger partial charge in [0.25, 0.3) is 0 Å². The van der Waals surface area contributed by atoms with Crippen LogP contribution in [0.15, 0.2) is 0 Å². The molecular formula is C12H20N2O4. The fourth-order valence-electron chi connectivity index (χ4n) is 2.45. The van der Waals surface area contributed by atoms with Crippen LogP contribution >= 0.6 is 0 Å². The molecule has 0 aromatic heterocycles. The molecule has 0 spiro atoms. The SMILES string of the molecule is O=C(NCC1CCC(C(=O)O)O1)C1CCCCN1. The molecule has 0 aromatic rings. The number of carbonyl (C=O) groups is 2. The molecule has 18 heavy (non-hydrogen) atoms. The van der Waals surface area contributed by atoms with Crippen molar-refractivity contribution < 1.29 is 19.4 Å². The van der Waals surface area contributed by atoms with Crippen molar-refractivity contribution in [3.63, 3.8) is 0 Å². The number of ether oxygens (including phenoxy) is 1. The van der Waals surface area contributed by atoms with Crippen LogP contribution in [0.3, 0.4) is 0 Å².